The van der Waals surface area contributed by atoms with Crippen LogP contribution in [0.2, 0.25) is 0 Å². The predicted octanol–water partition coefficient (Wildman–Crippen LogP) is -0.220. The lowest BCUT2D eigenvalue weighted by molar-refractivity contribution is -0.127. The molecule has 2 aliphatic rings. The van der Waals surface area contributed by atoms with Gasteiger partial charge in [-0.05, 0) is 37.1 Å². The van der Waals surface area contributed by atoms with E-state index in [1.807, 2.05) is 24.3 Å². The number of nitrogens with two attached hydrogens (primary N) is 1. The number of carbonyl (C=O) groups excluding carboxylic acids is 1. The summed E-state index contributed by atoms with van der Waals surface area (Å²) in [5.41, 5.74) is 7.27. The zero-order valence-electron chi connectivity index (χ0n) is 16.9. The van der Waals surface area contributed by atoms with Crippen molar-refractivity contribution >= 4 is 38.2 Å². The van der Waals surface area contributed by atoms with E-state index in [9.17, 15) is 22.0 Å². The van der Waals surface area contributed by atoms with Crippen molar-refractivity contribution in [1.29, 1.82) is 0 Å². The number of nitrogens with zero attached hydrogens (tertiary/aromatic N) is 2. The molecule has 2 heterocycles. The molecule has 9 nitrogen and oxygen atoms in total. The third kappa shape index (κ3) is 5.93. The molecule has 2 saturated heterocycles. The molecule has 0 bridgehead atoms. The molecule has 0 aliphatic carbocycles. The van der Waals surface area contributed by atoms with Crippen LogP contribution >= 0.6 is 0 Å². The minimum atomic E-state index is -3.44. The zero-order chi connectivity index (χ0) is 21.8. The van der Waals surface area contributed by atoms with Crippen molar-refractivity contribution in [2.45, 2.75) is 12.8 Å². The number of hydrogen-bond acceptors (Lipinski definition) is 8. The number of nitrogens with one attached hydrogen (secondary N) is 1. The highest BCUT2D eigenvalue weighted by Gasteiger charge is 2.45. The Morgan fingerprint density at radius 1 is 1.20 bits per heavy atom. The maximum atomic E-state index is 12.4. The van der Waals surface area contributed by atoms with Crippen molar-refractivity contribution in [2.75, 3.05) is 66.7 Å². The van der Waals surface area contributed by atoms with E-state index >= 15 is 0 Å². The molecule has 0 radical (unpaired) electrons. The first-order valence-corrected chi connectivity index (χ1v) is 13.1. The fraction of sp³-hybridized carbons (Fsp3) is 0.632. The van der Waals surface area contributed by atoms with Crippen LogP contribution in [0.1, 0.15) is 12.8 Å². The maximum absolute atomic E-state index is 12.4. The van der Waals surface area contributed by atoms with Gasteiger partial charge < -0.3 is 25.4 Å². The highest BCUT2D eigenvalue weighted by Crippen LogP contribution is 2.41. The van der Waals surface area contributed by atoms with E-state index in [0.717, 1.165) is 37.3 Å². The summed E-state index contributed by atoms with van der Waals surface area (Å²) in [5, 5.41) is 3.08. The van der Waals surface area contributed by atoms with Gasteiger partial charge >= 0.3 is 0 Å². The Morgan fingerprint density at radius 3 is 2.57 bits per heavy atom. The number of carbonyl (C=O) groups is 1. The molecule has 2 aliphatic heterocycles. The molecule has 2 fully saturated rings. The summed E-state index contributed by atoms with van der Waals surface area (Å²) in [7, 11) is -3.44. The molecule has 0 aromatic heterocycles. The number of rotatable bonds is 9. The third-order valence-corrected chi connectivity index (χ3v) is 7.91. The van der Waals surface area contributed by atoms with Gasteiger partial charge in [0.25, 0.3) is 0 Å². The van der Waals surface area contributed by atoms with Gasteiger partial charge in [-0.1, -0.05) is 11.1 Å². The van der Waals surface area contributed by atoms with E-state index in [1.54, 1.807) is 4.90 Å². The normalized spacial score (nSPS) is 22.6. The predicted molar refractivity (Wildman–Crippen MR) is 117 cm³/mol. The van der Waals surface area contributed by atoms with E-state index in [0.29, 0.717) is 19.6 Å². The molecule has 168 valence electrons. The molecule has 1 aromatic carbocycles. The quantitative estimate of drug-likeness (QED) is 0.486. The summed E-state index contributed by atoms with van der Waals surface area (Å²) in [6, 6.07) is 7.88. The van der Waals surface area contributed by atoms with Crippen LogP contribution in [-0.4, -0.2) is 84.5 Å². The van der Waals surface area contributed by atoms with Crippen molar-refractivity contribution in [3.8, 4) is 0 Å². The van der Waals surface area contributed by atoms with Gasteiger partial charge in [0.2, 0.25) is 5.91 Å². The number of benzene rings is 1. The number of amides is 1. The van der Waals surface area contributed by atoms with E-state index in [-0.39, 0.29) is 29.4 Å². The number of sulfone groups is 1. The molecule has 1 spiro atoms. The Balaban J connectivity index is 1.53. The number of anilines is 2. The molecule has 3 rings (SSSR count). The molecule has 11 heteroatoms. The van der Waals surface area contributed by atoms with Crippen LogP contribution in [0.4, 0.5) is 11.4 Å². The summed E-state index contributed by atoms with van der Waals surface area (Å²) in [5.74, 6) is -0.879. The molecule has 1 aromatic rings. The van der Waals surface area contributed by atoms with Gasteiger partial charge in [0.05, 0.1) is 5.75 Å². The minimum Gasteiger partial charge on any atom is -0.772 e. The Kier molecular flexibility index (Phi) is 7.38. The van der Waals surface area contributed by atoms with Crippen molar-refractivity contribution in [3.63, 3.8) is 0 Å². The highest BCUT2D eigenvalue weighted by molar-refractivity contribution is 7.92. The summed E-state index contributed by atoms with van der Waals surface area (Å²) in [6.45, 7) is 3.29. The van der Waals surface area contributed by atoms with Gasteiger partial charge in [-0.3, -0.25) is 9.00 Å². The zero-order valence-corrected chi connectivity index (χ0v) is 18.6. The molecule has 2 unspecified atom stereocenters. The highest BCUT2D eigenvalue weighted by atomic mass is 32.2. The fourth-order valence-electron chi connectivity index (χ4n) is 4.24. The maximum Gasteiger partial charge on any atom is 0.237 e. The first-order chi connectivity index (χ1) is 14.2. The Bertz CT molecular complexity index is 877. The van der Waals surface area contributed by atoms with Crippen molar-refractivity contribution in [3.05, 3.63) is 24.3 Å². The standard InChI is InChI=1S/C19H30N4O5S2/c20-7-12-30(27,28)13-18(24)23-10-6-19(15-23)5-9-22(14-19)17-3-1-16(2-4-17)21-8-11-29(25)26/h1-4,21H,5-15,20H2,(H,25,26)/p-1. The second-order valence-corrected chi connectivity index (χ2v) is 11.3. The molecule has 0 saturated carbocycles. The van der Waals surface area contributed by atoms with Crippen molar-refractivity contribution in [1.82, 2.24) is 4.90 Å². The molecular formula is C19H29N4O5S2-. The lowest BCUT2D eigenvalue weighted by Gasteiger charge is -2.25. The van der Waals surface area contributed by atoms with Crippen LogP contribution in [0.25, 0.3) is 0 Å². The Labute approximate surface area is 180 Å². The first-order valence-electron chi connectivity index (χ1n) is 10.0. The lowest BCUT2D eigenvalue weighted by Crippen LogP contribution is -2.38. The third-order valence-electron chi connectivity index (χ3n) is 5.83. The molecule has 3 N–H and O–H groups in total. The van der Waals surface area contributed by atoms with Gasteiger partial charge in [-0.15, -0.1) is 0 Å². The summed E-state index contributed by atoms with van der Waals surface area (Å²) < 4.78 is 45.0. The molecular weight excluding hydrogens is 428 g/mol. The lowest BCUT2D eigenvalue weighted by atomic mass is 9.86. The van der Waals surface area contributed by atoms with Crippen LogP contribution < -0.4 is 16.0 Å². The topological polar surface area (TPSA) is 136 Å². The number of hydrogen-bond donors (Lipinski definition) is 2. The van der Waals surface area contributed by atoms with Gasteiger partial charge in [0, 0.05) is 61.8 Å². The van der Waals surface area contributed by atoms with E-state index in [2.05, 4.69) is 10.2 Å². The van der Waals surface area contributed by atoms with Crippen LogP contribution in [0.15, 0.2) is 24.3 Å². The molecule has 2 atom stereocenters. The minimum absolute atomic E-state index is 0.00238. The van der Waals surface area contributed by atoms with Crippen LogP contribution in [0.3, 0.4) is 0 Å². The summed E-state index contributed by atoms with van der Waals surface area (Å²) >= 11 is -2.05. The Morgan fingerprint density at radius 2 is 1.90 bits per heavy atom. The van der Waals surface area contributed by atoms with Gasteiger partial charge in [0.15, 0.2) is 9.84 Å². The monoisotopic (exact) mass is 457 g/mol. The second-order valence-electron chi connectivity index (χ2n) is 8.10. The van der Waals surface area contributed by atoms with Gasteiger partial charge in [-0.25, -0.2) is 8.42 Å². The number of likely N-dealkylation sites (tertiary alicyclic amines) is 1. The summed E-state index contributed by atoms with van der Waals surface area (Å²) in [4.78, 5) is 16.4. The van der Waals surface area contributed by atoms with Crippen molar-refractivity contribution < 1.29 is 22.0 Å². The van der Waals surface area contributed by atoms with Crippen molar-refractivity contribution in [2.24, 2.45) is 11.1 Å². The SMILES string of the molecule is NCCS(=O)(=O)CC(=O)N1CCC2(CCN(c3ccc(NCCS(=O)[O-])cc3)C2)C1. The summed E-state index contributed by atoms with van der Waals surface area (Å²) in [6.07, 6.45) is 1.83. The van der Waals surface area contributed by atoms with Gasteiger partial charge in [0.1, 0.15) is 5.75 Å². The van der Waals surface area contributed by atoms with Gasteiger partial charge in [-0.2, -0.15) is 0 Å². The first kappa shape index (κ1) is 23.0. The average Bonchev–Trinajstić information content (AvgIpc) is 3.29. The van der Waals surface area contributed by atoms with Crippen LogP contribution in [0.5, 0.6) is 0 Å². The van der Waals surface area contributed by atoms with E-state index in [4.69, 9.17) is 5.73 Å². The largest absolute Gasteiger partial charge is 0.772 e. The average molecular weight is 458 g/mol. The van der Waals surface area contributed by atoms with Crippen LogP contribution in [-0.2, 0) is 25.7 Å². The molecule has 30 heavy (non-hydrogen) atoms. The van der Waals surface area contributed by atoms with E-state index < -0.39 is 26.7 Å². The van der Waals surface area contributed by atoms with E-state index in [1.165, 1.54) is 0 Å². The fourth-order valence-corrected chi connectivity index (χ4v) is 5.57. The molecule has 1 amide bonds. The Hall–Kier alpha value is -1.69. The second kappa shape index (κ2) is 9.63. The smallest absolute Gasteiger partial charge is 0.237 e. The van der Waals surface area contributed by atoms with Crippen LogP contribution in [0, 0.1) is 5.41 Å².